The summed E-state index contributed by atoms with van der Waals surface area (Å²) in [6.45, 7) is 18.7. The van der Waals surface area contributed by atoms with Crippen molar-refractivity contribution in [3.8, 4) is 0 Å². The molecule has 156 valence electrons. The first-order valence-electron chi connectivity index (χ1n) is 11.0. The Bertz CT molecular complexity index is 608. The number of nitrogens with zero attached hydrogens (tertiary/aromatic N) is 1. The van der Waals surface area contributed by atoms with E-state index in [1.807, 2.05) is 5.98 Å². The van der Waals surface area contributed by atoms with Crippen LogP contribution in [0.25, 0.3) is 6.08 Å². The Balaban J connectivity index is 1.87. The molecule has 0 aliphatic carbocycles. The second-order valence-electron chi connectivity index (χ2n) is 9.13. The first kappa shape index (κ1) is 23.2. The largest absolute Gasteiger partial charge is 0.487 e. The van der Waals surface area contributed by atoms with Gasteiger partial charge in [0.05, 0.1) is 11.2 Å². The molecule has 0 spiro atoms. The van der Waals surface area contributed by atoms with E-state index in [0.717, 1.165) is 6.54 Å². The third-order valence-corrected chi connectivity index (χ3v) is 6.38. The average Bonchev–Trinajstić information content (AvgIpc) is 2.87. The minimum Gasteiger partial charge on any atom is -0.400 e. The fourth-order valence-electron chi connectivity index (χ4n) is 3.45. The predicted octanol–water partition coefficient (Wildman–Crippen LogP) is 5.95. The van der Waals surface area contributed by atoms with Crippen molar-refractivity contribution in [2.75, 3.05) is 19.6 Å². The summed E-state index contributed by atoms with van der Waals surface area (Å²) >= 11 is 0. The second-order valence-corrected chi connectivity index (χ2v) is 9.13. The van der Waals surface area contributed by atoms with E-state index in [9.17, 15) is 0 Å². The zero-order valence-corrected chi connectivity index (χ0v) is 19.1. The Hall–Kier alpha value is -1.10. The van der Waals surface area contributed by atoms with E-state index in [-0.39, 0.29) is 18.3 Å². The van der Waals surface area contributed by atoms with Crippen molar-refractivity contribution in [2.45, 2.75) is 84.8 Å². The van der Waals surface area contributed by atoms with Gasteiger partial charge in [-0.2, -0.15) is 0 Å². The van der Waals surface area contributed by atoms with Crippen LogP contribution in [0.5, 0.6) is 0 Å². The van der Waals surface area contributed by atoms with Gasteiger partial charge in [-0.1, -0.05) is 63.5 Å². The van der Waals surface area contributed by atoms with Crippen molar-refractivity contribution in [1.29, 1.82) is 0 Å². The van der Waals surface area contributed by atoms with Crippen LogP contribution in [-0.4, -0.2) is 42.9 Å². The molecule has 2 rings (SSSR count). The van der Waals surface area contributed by atoms with Crippen LogP contribution in [0.15, 0.2) is 30.2 Å². The summed E-state index contributed by atoms with van der Waals surface area (Å²) in [5.41, 5.74) is 2.03. The normalized spacial score (nSPS) is 19.6. The Morgan fingerprint density at radius 1 is 1.00 bits per heavy atom. The molecule has 1 aliphatic heterocycles. The van der Waals surface area contributed by atoms with E-state index in [1.165, 1.54) is 43.5 Å². The van der Waals surface area contributed by atoms with Crippen LogP contribution in [-0.2, 0) is 9.31 Å². The quantitative estimate of drug-likeness (QED) is 0.465. The molecule has 0 bridgehead atoms. The molecule has 1 fully saturated rings. The van der Waals surface area contributed by atoms with Crippen LogP contribution < -0.4 is 0 Å². The molecule has 0 N–H and O–H groups in total. The van der Waals surface area contributed by atoms with E-state index in [1.54, 1.807) is 0 Å². The lowest BCUT2D eigenvalue weighted by Crippen LogP contribution is -2.41. The summed E-state index contributed by atoms with van der Waals surface area (Å²) in [7, 11) is -0.285. The molecule has 28 heavy (non-hydrogen) atoms. The van der Waals surface area contributed by atoms with Crippen LogP contribution >= 0.6 is 0 Å². The molecule has 3 nitrogen and oxygen atoms in total. The molecular formula is C24H40BNO2. The standard InChI is InChI=1S/C24H40BNO2/c1-8-10-18-26(9-2)19-16-20(3)22-13-11-21(12-14-22)15-17-25-27-23(4,5)24(6,7)28-25/h11-15,17,20H,8-10,16,18-19H2,1-7H3. The summed E-state index contributed by atoms with van der Waals surface area (Å²) in [6.07, 6.45) is 5.87. The smallest absolute Gasteiger partial charge is 0.400 e. The minimum atomic E-state index is -0.287. The Labute approximate surface area is 173 Å². The highest BCUT2D eigenvalue weighted by molar-refractivity contribution is 6.52. The number of hydrogen-bond acceptors (Lipinski definition) is 3. The lowest BCUT2D eigenvalue weighted by Gasteiger charge is -2.32. The first-order chi connectivity index (χ1) is 13.2. The van der Waals surface area contributed by atoms with E-state index < -0.39 is 0 Å². The molecule has 0 aromatic heterocycles. The van der Waals surface area contributed by atoms with Crippen molar-refractivity contribution >= 4 is 13.2 Å². The molecule has 1 aromatic carbocycles. The lowest BCUT2D eigenvalue weighted by molar-refractivity contribution is 0.00578. The summed E-state index contributed by atoms with van der Waals surface area (Å²) in [6, 6.07) is 8.91. The maximum Gasteiger partial charge on any atom is 0.487 e. The minimum absolute atomic E-state index is 0.285. The summed E-state index contributed by atoms with van der Waals surface area (Å²) in [5, 5.41) is 0. The number of hydrogen-bond donors (Lipinski definition) is 0. The maximum atomic E-state index is 6.03. The van der Waals surface area contributed by atoms with Crippen molar-refractivity contribution < 1.29 is 9.31 Å². The SMILES string of the molecule is CCCCN(CC)CCC(C)c1ccc(C=CB2OC(C)(C)C(C)(C)O2)cc1. The van der Waals surface area contributed by atoms with Gasteiger partial charge in [0.15, 0.2) is 0 Å². The highest BCUT2D eigenvalue weighted by atomic mass is 16.7. The number of rotatable bonds is 10. The second kappa shape index (κ2) is 10.1. The topological polar surface area (TPSA) is 21.7 Å². The van der Waals surface area contributed by atoms with Gasteiger partial charge in [-0.25, -0.2) is 0 Å². The third-order valence-electron chi connectivity index (χ3n) is 6.38. The highest BCUT2D eigenvalue weighted by Gasteiger charge is 2.49. The van der Waals surface area contributed by atoms with Crippen molar-refractivity contribution in [2.24, 2.45) is 0 Å². The Kier molecular flexibility index (Phi) is 8.36. The van der Waals surface area contributed by atoms with E-state index in [4.69, 9.17) is 9.31 Å². The van der Waals surface area contributed by atoms with Gasteiger partial charge < -0.3 is 14.2 Å². The maximum absolute atomic E-state index is 6.03. The Morgan fingerprint density at radius 2 is 1.61 bits per heavy atom. The van der Waals surface area contributed by atoms with Crippen molar-refractivity contribution in [3.05, 3.63) is 41.4 Å². The number of benzene rings is 1. The average molecular weight is 385 g/mol. The first-order valence-corrected chi connectivity index (χ1v) is 11.0. The molecule has 1 atom stereocenters. The number of unbranched alkanes of at least 4 members (excludes halogenated alkanes) is 1. The predicted molar refractivity (Wildman–Crippen MR) is 122 cm³/mol. The van der Waals surface area contributed by atoms with Gasteiger partial charge in [-0.3, -0.25) is 0 Å². The van der Waals surface area contributed by atoms with E-state index in [2.05, 4.69) is 83.7 Å². The molecule has 1 unspecified atom stereocenters. The van der Waals surface area contributed by atoms with Gasteiger partial charge in [-0.05, 0) is 77.2 Å². The van der Waals surface area contributed by atoms with Crippen LogP contribution in [0.1, 0.15) is 84.8 Å². The molecule has 1 aromatic rings. The van der Waals surface area contributed by atoms with E-state index in [0.29, 0.717) is 5.92 Å². The zero-order valence-electron chi connectivity index (χ0n) is 19.1. The molecule has 0 radical (unpaired) electrons. The van der Waals surface area contributed by atoms with Crippen molar-refractivity contribution in [3.63, 3.8) is 0 Å². The lowest BCUT2D eigenvalue weighted by atomic mass is 9.88. The fourth-order valence-corrected chi connectivity index (χ4v) is 3.45. The van der Waals surface area contributed by atoms with Gasteiger partial charge in [-0.15, -0.1) is 0 Å². The molecule has 1 heterocycles. The molecular weight excluding hydrogens is 345 g/mol. The molecule has 1 aliphatic rings. The fraction of sp³-hybridized carbons (Fsp3) is 0.667. The molecule has 0 saturated carbocycles. The van der Waals surface area contributed by atoms with Gasteiger partial charge in [0, 0.05) is 0 Å². The summed E-state index contributed by atoms with van der Waals surface area (Å²) in [4.78, 5) is 2.57. The van der Waals surface area contributed by atoms with Gasteiger partial charge in [0.2, 0.25) is 0 Å². The third kappa shape index (κ3) is 6.20. The monoisotopic (exact) mass is 385 g/mol. The van der Waals surface area contributed by atoms with Gasteiger partial charge in [0.1, 0.15) is 0 Å². The zero-order chi connectivity index (χ0) is 20.8. The molecule has 1 saturated heterocycles. The highest BCUT2D eigenvalue weighted by Crippen LogP contribution is 2.37. The van der Waals surface area contributed by atoms with Gasteiger partial charge >= 0.3 is 7.12 Å². The molecule has 0 amide bonds. The van der Waals surface area contributed by atoms with Crippen LogP contribution in [0.4, 0.5) is 0 Å². The molecule has 4 heteroatoms. The Morgan fingerprint density at radius 3 is 2.14 bits per heavy atom. The summed E-state index contributed by atoms with van der Waals surface area (Å²) in [5.74, 6) is 2.60. The summed E-state index contributed by atoms with van der Waals surface area (Å²) < 4.78 is 12.1. The van der Waals surface area contributed by atoms with Gasteiger partial charge in [0.25, 0.3) is 0 Å². The van der Waals surface area contributed by atoms with Crippen LogP contribution in [0.2, 0.25) is 0 Å². The van der Waals surface area contributed by atoms with Crippen LogP contribution in [0.3, 0.4) is 0 Å². The van der Waals surface area contributed by atoms with Crippen LogP contribution in [0, 0.1) is 0 Å². The van der Waals surface area contributed by atoms with Crippen molar-refractivity contribution in [1.82, 2.24) is 4.90 Å². The van der Waals surface area contributed by atoms with E-state index >= 15 is 0 Å².